The maximum Gasteiger partial charge on any atom is 0.177 e. The Labute approximate surface area is 145 Å². The van der Waals surface area contributed by atoms with E-state index in [0.29, 0.717) is 0 Å². The van der Waals surface area contributed by atoms with Gasteiger partial charge in [0.25, 0.3) is 0 Å². The molecular weight excluding hydrogens is 314 g/mol. The summed E-state index contributed by atoms with van der Waals surface area (Å²) in [6, 6.07) is 6.22. The number of H-pyrrole nitrogens is 2. The Hall–Kier alpha value is -2.93. The first kappa shape index (κ1) is 15.6. The first-order chi connectivity index (χ1) is 12.1. The molecule has 0 bridgehead atoms. The quantitative estimate of drug-likeness (QED) is 0.522. The van der Waals surface area contributed by atoms with Gasteiger partial charge in [0.2, 0.25) is 0 Å². The second-order valence-electron chi connectivity index (χ2n) is 6.44. The van der Waals surface area contributed by atoms with Crippen LogP contribution in [0.3, 0.4) is 0 Å². The molecule has 4 heterocycles. The van der Waals surface area contributed by atoms with Crippen molar-refractivity contribution in [2.45, 2.75) is 6.92 Å². The average Bonchev–Trinajstić information content (AvgIpc) is 3.18. The maximum absolute atomic E-state index is 4.66. The predicted molar refractivity (Wildman–Crippen MR) is 101 cm³/mol. The number of nitrogens with one attached hydrogen (secondary N) is 3. The molecule has 4 aromatic heterocycles. The van der Waals surface area contributed by atoms with Gasteiger partial charge in [-0.15, -0.1) is 0 Å². The minimum Gasteiger partial charge on any atom is -0.369 e. The maximum atomic E-state index is 4.66. The number of aromatic amines is 2. The van der Waals surface area contributed by atoms with Crippen LogP contribution in [-0.2, 0) is 0 Å². The molecule has 0 spiro atoms. The molecule has 7 nitrogen and oxygen atoms in total. The Morgan fingerprint density at radius 2 is 2.08 bits per heavy atom. The summed E-state index contributed by atoms with van der Waals surface area (Å²) in [6.45, 7) is 3.72. The number of anilines is 1. The van der Waals surface area contributed by atoms with Crippen LogP contribution in [0.15, 0.2) is 30.6 Å². The van der Waals surface area contributed by atoms with Crippen molar-refractivity contribution in [3.05, 3.63) is 36.4 Å². The Kier molecular flexibility index (Phi) is 3.85. The van der Waals surface area contributed by atoms with Crippen molar-refractivity contribution < 1.29 is 0 Å². The van der Waals surface area contributed by atoms with Gasteiger partial charge in [-0.05, 0) is 44.8 Å². The van der Waals surface area contributed by atoms with Crippen molar-refractivity contribution >= 4 is 28.0 Å². The van der Waals surface area contributed by atoms with E-state index in [9.17, 15) is 0 Å². The first-order valence-electron chi connectivity index (χ1n) is 8.29. The number of rotatable bonds is 5. The summed E-state index contributed by atoms with van der Waals surface area (Å²) in [5.74, 6) is 1.72. The fourth-order valence-corrected chi connectivity index (χ4v) is 2.94. The molecule has 0 radical (unpaired) electrons. The lowest BCUT2D eigenvalue weighted by molar-refractivity contribution is 0.425. The number of hydrogen-bond acceptors (Lipinski definition) is 5. The fraction of sp³-hybridized carbons (Fsp3) is 0.278. The highest BCUT2D eigenvalue weighted by atomic mass is 15.1. The zero-order chi connectivity index (χ0) is 17.4. The number of aromatic nitrogens is 5. The van der Waals surface area contributed by atoms with E-state index in [-0.39, 0.29) is 0 Å². The number of pyridine rings is 2. The van der Waals surface area contributed by atoms with Crippen LogP contribution in [0, 0.1) is 6.92 Å². The van der Waals surface area contributed by atoms with Crippen molar-refractivity contribution in [2.24, 2.45) is 0 Å². The van der Waals surface area contributed by atoms with Crippen molar-refractivity contribution in [3.63, 3.8) is 0 Å². The molecule has 0 aliphatic rings. The molecule has 0 fully saturated rings. The molecule has 7 heteroatoms. The SMILES string of the molecule is Cc1nc2ncc(-c3cc(NCCN(C)C)nc4[nH]ccc34)cc2[nH]1. The average molecular weight is 335 g/mol. The van der Waals surface area contributed by atoms with Crippen molar-refractivity contribution in [2.75, 3.05) is 32.5 Å². The van der Waals surface area contributed by atoms with E-state index in [1.807, 2.05) is 25.4 Å². The third kappa shape index (κ3) is 3.06. The van der Waals surface area contributed by atoms with Crippen LogP contribution < -0.4 is 5.32 Å². The molecule has 3 N–H and O–H groups in total. The zero-order valence-electron chi connectivity index (χ0n) is 14.6. The van der Waals surface area contributed by atoms with Gasteiger partial charge < -0.3 is 20.2 Å². The molecule has 0 aliphatic heterocycles. The second-order valence-corrected chi connectivity index (χ2v) is 6.44. The van der Waals surface area contributed by atoms with E-state index < -0.39 is 0 Å². The van der Waals surface area contributed by atoms with Crippen molar-refractivity contribution in [1.82, 2.24) is 29.8 Å². The molecule has 0 saturated carbocycles. The second kappa shape index (κ2) is 6.18. The molecule has 0 saturated heterocycles. The van der Waals surface area contributed by atoms with Crippen LogP contribution in [0.5, 0.6) is 0 Å². The Morgan fingerprint density at radius 3 is 2.92 bits per heavy atom. The summed E-state index contributed by atoms with van der Waals surface area (Å²) >= 11 is 0. The van der Waals surface area contributed by atoms with Gasteiger partial charge in [-0.2, -0.15) is 0 Å². The van der Waals surface area contributed by atoms with Gasteiger partial charge >= 0.3 is 0 Å². The van der Waals surface area contributed by atoms with Crippen LogP contribution in [0.2, 0.25) is 0 Å². The summed E-state index contributed by atoms with van der Waals surface area (Å²) in [7, 11) is 4.12. The summed E-state index contributed by atoms with van der Waals surface area (Å²) in [4.78, 5) is 22.1. The van der Waals surface area contributed by atoms with Gasteiger partial charge in [-0.25, -0.2) is 15.0 Å². The smallest absolute Gasteiger partial charge is 0.177 e. The number of fused-ring (bicyclic) bond motifs is 2. The number of hydrogen-bond donors (Lipinski definition) is 3. The van der Waals surface area contributed by atoms with E-state index in [1.54, 1.807) is 0 Å². The lowest BCUT2D eigenvalue weighted by Gasteiger charge is -2.12. The highest BCUT2D eigenvalue weighted by Gasteiger charge is 2.11. The summed E-state index contributed by atoms with van der Waals surface area (Å²) in [6.07, 6.45) is 3.78. The van der Waals surface area contributed by atoms with Gasteiger partial charge in [0.05, 0.1) is 5.52 Å². The van der Waals surface area contributed by atoms with Crippen LogP contribution >= 0.6 is 0 Å². The van der Waals surface area contributed by atoms with Gasteiger partial charge in [0.1, 0.15) is 17.3 Å². The van der Waals surface area contributed by atoms with Crippen LogP contribution in [0.1, 0.15) is 5.82 Å². The molecule has 4 aromatic rings. The Bertz CT molecular complexity index is 1030. The Morgan fingerprint density at radius 1 is 1.20 bits per heavy atom. The van der Waals surface area contributed by atoms with Gasteiger partial charge in [-0.1, -0.05) is 0 Å². The monoisotopic (exact) mass is 335 g/mol. The fourth-order valence-electron chi connectivity index (χ4n) is 2.94. The highest BCUT2D eigenvalue weighted by molar-refractivity contribution is 5.96. The molecule has 0 unspecified atom stereocenters. The lowest BCUT2D eigenvalue weighted by Crippen LogP contribution is -2.21. The molecule has 128 valence electrons. The Balaban J connectivity index is 1.76. The number of likely N-dealkylation sites (N-methyl/N-ethyl adjacent to an activating group) is 1. The predicted octanol–water partition coefficient (Wildman–Crippen LogP) is 2.78. The summed E-state index contributed by atoms with van der Waals surface area (Å²) in [5, 5.41) is 4.48. The summed E-state index contributed by atoms with van der Waals surface area (Å²) in [5.41, 5.74) is 4.69. The van der Waals surface area contributed by atoms with Crippen molar-refractivity contribution in [3.8, 4) is 11.1 Å². The summed E-state index contributed by atoms with van der Waals surface area (Å²) < 4.78 is 0. The third-order valence-electron chi connectivity index (χ3n) is 4.16. The largest absolute Gasteiger partial charge is 0.369 e. The molecule has 25 heavy (non-hydrogen) atoms. The van der Waals surface area contributed by atoms with Gasteiger partial charge in [0, 0.05) is 36.4 Å². The standard InChI is InChI=1S/C18H21N7/c1-11-22-15-8-12(10-21-18(15)23-11)14-9-16(19-6-7-25(2)3)24-17-13(14)4-5-20-17/h4-5,8-10H,6-7H2,1-3H3,(H2,19,20,24)(H,21,22,23). The van der Waals surface area contributed by atoms with E-state index in [0.717, 1.165) is 58.1 Å². The van der Waals surface area contributed by atoms with Crippen LogP contribution in [0.4, 0.5) is 5.82 Å². The molecule has 0 atom stereocenters. The molecular formula is C18H21N7. The van der Waals surface area contributed by atoms with E-state index in [1.165, 1.54) is 0 Å². The molecule has 0 aromatic carbocycles. The lowest BCUT2D eigenvalue weighted by atomic mass is 10.1. The zero-order valence-corrected chi connectivity index (χ0v) is 14.6. The topological polar surface area (TPSA) is 85.5 Å². The molecule has 0 amide bonds. The number of nitrogens with zero attached hydrogens (tertiary/aromatic N) is 4. The van der Waals surface area contributed by atoms with Gasteiger partial charge in [0.15, 0.2) is 5.65 Å². The third-order valence-corrected chi connectivity index (χ3v) is 4.16. The minimum absolute atomic E-state index is 0.741. The van der Waals surface area contributed by atoms with Crippen LogP contribution in [0.25, 0.3) is 33.3 Å². The highest BCUT2D eigenvalue weighted by Crippen LogP contribution is 2.30. The van der Waals surface area contributed by atoms with E-state index in [2.05, 4.69) is 61.4 Å². The molecule has 4 rings (SSSR count). The van der Waals surface area contributed by atoms with Crippen molar-refractivity contribution in [1.29, 1.82) is 0 Å². The number of aryl methyl sites for hydroxylation is 1. The van der Waals surface area contributed by atoms with Crippen LogP contribution in [-0.4, -0.2) is 57.0 Å². The van der Waals surface area contributed by atoms with E-state index in [4.69, 9.17) is 0 Å². The van der Waals surface area contributed by atoms with E-state index >= 15 is 0 Å². The molecule has 0 aliphatic carbocycles. The minimum atomic E-state index is 0.741. The van der Waals surface area contributed by atoms with Gasteiger partial charge in [-0.3, -0.25) is 0 Å². The normalized spacial score (nSPS) is 11.7. The number of imidazole rings is 1. The first-order valence-corrected chi connectivity index (χ1v) is 8.29.